The average Bonchev–Trinajstić information content (AvgIpc) is 2.41. The van der Waals surface area contributed by atoms with Gasteiger partial charge in [-0.1, -0.05) is 11.6 Å². The summed E-state index contributed by atoms with van der Waals surface area (Å²) < 4.78 is 0. The minimum absolute atomic E-state index is 0. The van der Waals surface area contributed by atoms with Crippen LogP contribution in [0.5, 0.6) is 0 Å². The highest BCUT2D eigenvalue weighted by molar-refractivity contribution is 8.00. The molecule has 112 valence electrons. The van der Waals surface area contributed by atoms with Crippen LogP contribution in [-0.2, 0) is 4.79 Å². The zero-order valence-electron chi connectivity index (χ0n) is 11.6. The number of rotatable bonds is 3. The first-order chi connectivity index (χ1) is 9.08. The maximum atomic E-state index is 12.4. The van der Waals surface area contributed by atoms with Gasteiger partial charge >= 0.3 is 0 Å². The van der Waals surface area contributed by atoms with Crippen LogP contribution < -0.4 is 5.32 Å². The molecule has 6 heteroatoms. The Labute approximate surface area is 135 Å². The summed E-state index contributed by atoms with van der Waals surface area (Å²) in [5.74, 6) is 0.217. The van der Waals surface area contributed by atoms with Gasteiger partial charge in [0.15, 0.2) is 0 Å². The lowest BCUT2D eigenvalue weighted by Crippen LogP contribution is -2.54. The Morgan fingerprint density at radius 2 is 2.10 bits per heavy atom. The van der Waals surface area contributed by atoms with Crippen LogP contribution in [0.25, 0.3) is 0 Å². The molecule has 1 heterocycles. The molecule has 1 amide bonds. The van der Waals surface area contributed by atoms with E-state index >= 15 is 0 Å². The van der Waals surface area contributed by atoms with E-state index in [-0.39, 0.29) is 29.6 Å². The van der Waals surface area contributed by atoms with E-state index < -0.39 is 0 Å². The van der Waals surface area contributed by atoms with Crippen LogP contribution >= 0.6 is 35.8 Å². The van der Waals surface area contributed by atoms with Crippen LogP contribution in [0.3, 0.4) is 0 Å². The number of hydrogen-bond donors (Lipinski definition) is 1. The van der Waals surface area contributed by atoms with Gasteiger partial charge in [-0.2, -0.15) is 0 Å². The van der Waals surface area contributed by atoms with E-state index in [1.165, 1.54) is 0 Å². The Morgan fingerprint density at radius 1 is 1.45 bits per heavy atom. The van der Waals surface area contributed by atoms with Crippen LogP contribution in [0.2, 0.25) is 5.02 Å². The highest BCUT2D eigenvalue weighted by Gasteiger charge is 2.27. The number of amides is 1. The molecule has 1 N–H and O–H groups in total. The maximum absolute atomic E-state index is 12.4. The van der Waals surface area contributed by atoms with Crippen molar-refractivity contribution < 1.29 is 4.79 Å². The standard InChI is InChI=1S/C14H19ClN2OS.ClH/c1-10-9-16-7-8-17(10)14(18)11(2)19-13-5-3-12(15)4-6-13;/h3-6,10-11,16H,7-9H2,1-2H3;1H. The Bertz CT molecular complexity index is 441. The number of halogens is 2. The maximum Gasteiger partial charge on any atom is 0.236 e. The molecule has 0 bridgehead atoms. The molecule has 2 unspecified atom stereocenters. The van der Waals surface area contributed by atoms with Crippen molar-refractivity contribution in [3.8, 4) is 0 Å². The third-order valence-corrected chi connectivity index (χ3v) is 4.61. The van der Waals surface area contributed by atoms with Crippen molar-refractivity contribution >= 4 is 41.7 Å². The second-order valence-electron chi connectivity index (χ2n) is 4.80. The molecule has 0 aromatic heterocycles. The number of piperazine rings is 1. The molecule has 1 saturated heterocycles. The normalized spacial score (nSPS) is 20.1. The molecule has 3 nitrogen and oxygen atoms in total. The second-order valence-corrected chi connectivity index (χ2v) is 6.65. The second kappa shape index (κ2) is 8.13. The lowest BCUT2D eigenvalue weighted by atomic mass is 10.2. The Morgan fingerprint density at radius 3 is 2.70 bits per heavy atom. The highest BCUT2D eigenvalue weighted by Crippen LogP contribution is 2.26. The van der Waals surface area contributed by atoms with Gasteiger partial charge in [0.2, 0.25) is 5.91 Å². The molecule has 0 spiro atoms. The predicted molar refractivity (Wildman–Crippen MR) is 88.1 cm³/mol. The lowest BCUT2D eigenvalue weighted by molar-refractivity contribution is -0.133. The van der Waals surface area contributed by atoms with E-state index in [1.807, 2.05) is 36.1 Å². The SMILES string of the molecule is CC(Sc1ccc(Cl)cc1)C(=O)N1CCNCC1C.Cl. The molecule has 1 aromatic rings. The zero-order valence-corrected chi connectivity index (χ0v) is 14.0. The van der Waals surface area contributed by atoms with E-state index in [0.717, 1.165) is 29.6 Å². The zero-order chi connectivity index (χ0) is 13.8. The number of nitrogens with one attached hydrogen (secondary N) is 1. The van der Waals surface area contributed by atoms with Crippen molar-refractivity contribution in [2.75, 3.05) is 19.6 Å². The van der Waals surface area contributed by atoms with Gasteiger partial charge in [-0.3, -0.25) is 4.79 Å². The van der Waals surface area contributed by atoms with Crippen molar-refractivity contribution in [3.05, 3.63) is 29.3 Å². The number of carbonyl (C=O) groups is 1. The molecule has 0 saturated carbocycles. The smallest absolute Gasteiger partial charge is 0.236 e. The van der Waals surface area contributed by atoms with Crippen molar-refractivity contribution in [3.63, 3.8) is 0 Å². The molecule has 1 aliphatic heterocycles. The summed E-state index contributed by atoms with van der Waals surface area (Å²) in [6.07, 6.45) is 0. The van der Waals surface area contributed by atoms with Gasteiger partial charge in [-0.25, -0.2) is 0 Å². The summed E-state index contributed by atoms with van der Waals surface area (Å²) >= 11 is 7.45. The van der Waals surface area contributed by atoms with Gasteiger partial charge in [0.1, 0.15) is 0 Å². The van der Waals surface area contributed by atoms with Crippen molar-refractivity contribution in [2.24, 2.45) is 0 Å². The third-order valence-electron chi connectivity index (χ3n) is 3.26. The largest absolute Gasteiger partial charge is 0.336 e. The summed E-state index contributed by atoms with van der Waals surface area (Å²) in [7, 11) is 0. The van der Waals surface area contributed by atoms with Crippen LogP contribution in [0, 0.1) is 0 Å². The molecular weight excluding hydrogens is 315 g/mol. The number of hydrogen-bond acceptors (Lipinski definition) is 3. The Kier molecular flexibility index (Phi) is 7.17. The minimum atomic E-state index is -0.0678. The van der Waals surface area contributed by atoms with E-state index in [0.29, 0.717) is 0 Å². The van der Waals surface area contributed by atoms with Gasteiger partial charge in [-0.15, -0.1) is 24.2 Å². The number of benzene rings is 1. The fourth-order valence-electron chi connectivity index (χ4n) is 2.17. The van der Waals surface area contributed by atoms with Gasteiger partial charge in [-0.05, 0) is 38.1 Å². The molecule has 0 aliphatic carbocycles. The third kappa shape index (κ3) is 4.55. The quantitative estimate of drug-likeness (QED) is 0.862. The van der Waals surface area contributed by atoms with E-state index in [2.05, 4.69) is 12.2 Å². The molecule has 1 aromatic carbocycles. The van der Waals surface area contributed by atoms with Gasteiger partial charge in [0.05, 0.1) is 5.25 Å². The molecule has 2 atom stereocenters. The monoisotopic (exact) mass is 334 g/mol. The first kappa shape index (κ1) is 17.6. The Balaban J connectivity index is 0.00000200. The van der Waals surface area contributed by atoms with Crippen molar-refractivity contribution in [2.45, 2.75) is 30.0 Å². The summed E-state index contributed by atoms with van der Waals surface area (Å²) in [6, 6.07) is 7.90. The first-order valence-corrected chi connectivity index (χ1v) is 7.77. The van der Waals surface area contributed by atoms with E-state index in [1.54, 1.807) is 11.8 Å². The summed E-state index contributed by atoms with van der Waals surface area (Å²) in [5, 5.41) is 3.95. The molecule has 20 heavy (non-hydrogen) atoms. The van der Waals surface area contributed by atoms with Crippen molar-refractivity contribution in [1.82, 2.24) is 10.2 Å². The Hall–Kier alpha value is -0.420. The van der Waals surface area contributed by atoms with E-state index in [9.17, 15) is 4.79 Å². The lowest BCUT2D eigenvalue weighted by Gasteiger charge is -2.35. The molecule has 0 radical (unpaired) electrons. The summed E-state index contributed by atoms with van der Waals surface area (Å²) in [6.45, 7) is 6.62. The number of thioether (sulfide) groups is 1. The van der Waals surface area contributed by atoms with Crippen LogP contribution in [0.15, 0.2) is 29.2 Å². The number of carbonyl (C=O) groups excluding carboxylic acids is 1. The average molecular weight is 335 g/mol. The topological polar surface area (TPSA) is 32.3 Å². The van der Waals surface area contributed by atoms with Gasteiger partial charge in [0, 0.05) is 35.6 Å². The van der Waals surface area contributed by atoms with Gasteiger partial charge < -0.3 is 10.2 Å². The van der Waals surface area contributed by atoms with E-state index in [4.69, 9.17) is 11.6 Å². The fraction of sp³-hybridized carbons (Fsp3) is 0.500. The predicted octanol–water partition coefficient (Wildman–Crippen LogP) is 3.06. The molecular formula is C14H20Cl2N2OS. The van der Waals surface area contributed by atoms with Crippen LogP contribution in [-0.4, -0.2) is 41.7 Å². The van der Waals surface area contributed by atoms with Crippen molar-refractivity contribution in [1.29, 1.82) is 0 Å². The fourth-order valence-corrected chi connectivity index (χ4v) is 3.23. The molecule has 2 rings (SSSR count). The number of nitrogens with zero attached hydrogens (tertiary/aromatic N) is 1. The summed E-state index contributed by atoms with van der Waals surface area (Å²) in [5.41, 5.74) is 0. The highest BCUT2D eigenvalue weighted by atomic mass is 35.5. The minimum Gasteiger partial charge on any atom is -0.336 e. The molecule has 1 aliphatic rings. The molecule has 1 fully saturated rings. The van der Waals surface area contributed by atoms with Gasteiger partial charge in [0.25, 0.3) is 0 Å². The van der Waals surface area contributed by atoms with Crippen LogP contribution in [0.1, 0.15) is 13.8 Å². The summed E-state index contributed by atoms with van der Waals surface area (Å²) in [4.78, 5) is 15.5. The first-order valence-electron chi connectivity index (χ1n) is 6.51. The van der Waals surface area contributed by atoms with Crippen LogP contribution in [0.4, 0.5) is 0 Å².